The summed E-state index contributed by atoms with van der Waals surface area (Å²) in [6, 6.07) is 0.478. The van der Waals surface area contributed by atoms with Crippen LogP contribution in [-0.2, 0) is 11.3 Å². The van der Waals surface area contributed by atoms with Gasteiger partial charge in [0.05, 0.1) is 5.60 Å². The van der Waals surface area contributed by atoms with Gasteiger partial charge in [-0.3, -0.25) is 0 Å². The quantitative estimate of drug-likeness (QED) is 0.856. The number of imidazole rings is 1. The summed E-state index contributed by atoms with van der Waals surface area (Å²) in [5.41, 5.74) is 0.0676. The van der Waals surface area contributed by atoms with Gasteiger partial charge in [-0.15, -0.1) is 0 Å². The van der Waals surface area contributed by atoms with Crippen molar-refractivity contribution in [3.8, 4) is 0 Å². The molecule has 2 rings (SSSR count). The van der Waals surface area contributed by atoms with Gasteiger partial charge in [0.2, 0.25) is 5.95 Å². The fourth-order valence-electron chi connectivity index (χ4n) is 2.95. The molecule has 4 nitrogen and oxygen atoms in total. The van der Waals surface area contributed by atoms with Crippen LogP contribution in [0.4, 0.5) is 5.95 Å². The molecule has 1 atom stereocenters. The highest BCUT2D eigenvalue weighted by Crippen LogP contribution is 2.32. The molecule has 0 aliphatic carbocycles. The summed E-state index contributed by atoms with van der Waals surface area (Å²) in [5, 5.41) is 3.61. The Morgan fingerprint density at radius 2 is 2.21 bits per heavy atom. The molecule has 1 unspecified atom stereocenters. The van der Waals surface area contributed by atoms with Crippen LogP contribution in [-0.4, -0.2) is 27.8 Å². The molecule has 0 aromatic carbocycles. The van der Waals surface area contributed by atoms with E-state index in [9.17, 15) is 0 Å². The fourth-order valence-corrected chi connectivity index (χ4v) is 2.95. The van der Waals surface area contributed by atoms with Crippen LogP contribution in [0.1, 0.15) is 52.9 Å². The van der Waals surface area contributed by atoms with Crippen molar-refractivity contribution in [1.29, 1.82) is 0 Å². The predicted molar refractivity (Wildman–Crippen MR) is 78.4 cm³/mol. The van der Waals surface area contributed by atoms with E-state index in [4.69, 9.17) is 4.74 Å². The average molecular weight is 265 g/mol. The third-order valence-corrected chi connectivity index (χ3v) is 4.29. The topological polar surface area (TPSA) is 39.1 Å². The molecule has 4 heteroatoms. The van der Waals surface area contributed by atoms with Gasteiger partial charge in [0.1, 0.15) is 0 Å². The summed E-state index contributed by atoms with van der Waals surface area (Å²) in [6.07, 6.45) is 9.39. The lowest BCUT2D eigenvalue weighted by atomic mass is 9.86. The van der Waals surface area contributed by atoms with Gasteiger partial charge in [-0.25, -0.2) is 4.98 Å². The number of ether oxygens (including phenoxy) is 1. The first-order valence-electron chi connectivity index (χ1n) is 7.64. The van der Waals surface area contributed by atoms with E-state index in [0.29, 0.717) is 6.04 Å². The zero-order chi connectivity index (χ0) is 13.7. The van der Waals surface area contributed by atoms with Crippen LogP contribution in [0.5, 0.6) is 0 Å². The number of hydrogen-bond donors (Lipinski definition) is 1. The third-order valence-electron chi connectivity index (χ3n) is 4.29. The van der Waals surface area contributed by atoms with Crippen LogP contribution in [0, 0.1) is 0 Å². The van der Waals surface area contributed by atoms with Crippen molar-refractivity contribution in [2.45, 2.75) is 71.1 Å². The van der Waals surface area contributed by atoms with Crippen LogP contribution in [0.2, 0.25) is 0 Å². The van der Waals surface area contributed by atoms with Crippen molar-refractivity contribution in [3.05, 3.63) is 12.4 Å². The molecule has 1 fully saturated rings. The van der Waals surface area contributed by atoms with E-state index < -0.39 is 0 Å². The Kier molecular flexibility index (Phi) is 4.86. The van der Waals surface area contributed by atoms with Gasteiger partial charge in [-0.05, 0) is 32.1 Å². The maximum Gasteiger partial charge on any atom is 0.202 e. The second-order valence-electron chi connectivity index (χ2n) is 5.52. The zero-order valence-corrected chi connectivity index (χ0v) is 12.5. The number of rotatable bonds is 6. The third kappa shape index (κ3) is 3.30. The van der Waals surface area contributed by atoms with Crippen LogP contribution in [0.25, 0.3) is 0 Å². The Morgan fingerprint density at radius 1 is 1.42 bits per heavy atom. The Morgan fingerprint density at radius 3 is 2.89 bits per heavy atom. The van der Waals surface area contributed by atoms with E-state index >= 15 is 0 Å². The molecule has 0 amide bonds. The first-order chi connectivity index (χ1) is 9.23. The standard InChI is InChI=1S/C15H27N3O/c1-4-9-18-10-8-16-14(18)17-13-7-11-19-15(5-2,6-3)12-13/h8,10,13H,4-7,9,11-12H2,1-3H3,(H,16,17). The molecule has 0 spiro atoms. The SMILES string of the molecule is CCCn1ccnc1NC1CCOC(CC)(CC)C1. The smallest absolute Gasteiger partial charge is 0.202 e. The van der Waals surface area contributed by atoms with Gasteiger partial charge >= 0.3 is 0 Å². The molecule has 1 aliphatic rings. The molecule has 1 aromatic rings. The lowest BCUT2D eigenvalue weighted by molar-refractivity contribution is -0.0865. The maximum absolute atomic E-state index is 6.02. The minimum atomic E-state index is 0.0676. The van der Waals surface area contributed by atoms with Gasteiger partial charge in [-0.2, -0.15) is 0 Å². The normalized spacial score (nSPS) is 22.4. The molecule has 0 bridgehead atoms. The fraction of sp³-hybridized carbons (Fsp3) is 0.800. The highest BCUT2D eigenvalue weighted by molar-refractivity contribution is 5.28. The monoisotopic (exact) mass is 265 g/mol. The van der Waals surface area contributed by atoms with E-state index in [1.54, 1.807) is 0 Å². The second-order valence-corrected chi connectivity index (χ2v) is 5.52. The lowest BCUT2D eigenvalue weighted by Gasteiger charge is -2.40. The largest absolute Gasteiger partial charge is 0.375 e. The Hall–Kier alpha value is -1.03. The molecule has 0 saturated carbocycles. The van der Waals surface area contributed by atoms with Gasteiger partial charge in [0.15, 0.2) is 0 Å². The summed E-state index contributed by atoms with van der Waals surface area (Å²) in [4.78, 5) is 4.44. The predicted octanol–water partition coefficient (Wildman–Crippen LogP) is 3.44. The van der Waals surface area contributed by atoms with Crippen molar-refractivity contribution >= 4 is 5.95 Å². The molecule has 1 saturated heterocycles. The zero-order valence-electron chi connectivity index (χ0n) is 12.5. The summed E-state index contributed by atoms with van der Waals surface area (Å²) < 4.78 is 8.23. The molecule has 2 heterocycles. The van der Waals surface area contributed by atoms with Crippen LogP contribution in [0.3, 0.4) is 0 Å². The van der Waals surface area contributed by atoms with E-state index in [-0.39, 0.29) is 5.60 Å². The molecular formula is C15H27N3O. The summed E-state index contributed by atoms with van der Waals surface area (Å²) in [7, 11) is 0. The van der Waals surface area contributed by atoms with Crippen molar-refractivity contribution in [2.24, 2.45) is 0 Å². The number of aromatic nitrogens is 2. The number of aryl methyl sites for hydroxylation is 1. The van der Waals surface area contributed by atoms with Crippen molar-refractivity contribution < 1.29 is 4.74 Å². The maximum atomic E-state index is 6.02. The van der Waals surface area contributed by atoms with E-state index in [2.05, 4.69) is 41.8 Å². The number of hydrogen-bond acceptors (Lipinski definition) is 3. The van der Waals surface area contributed by atoms with Crippen molar-refractivity contribution in [3.63, 3.8) is 0 Å². The Labute approximate surface area is 116 Å². The highest BCUT2D eigenvalue weighted by atomic mass is 16.5. The Balaban J connectivity index is 2.00. The van der Waals surface area contributed by atoms with Crippen LogP contribution >= 0.6 is 0 Å². The van der Waals surface area contributed by atoms with E-state index in [1.807, 2.05) is 6.20 Å². The summed E-state index contributed by atoms with van der Waals surface area (Å²) >= 11 is 0. The molecule has 0 radical (unpaired) electrons. The second kappa shape index (κ2) is 6.42. The highest BCUT2D eigenvalue weighted by Gasteiger charge is 2.34. The summed E-state index contributed by atoms with van der Waals surface area (Å²) in [6.45, 7) is 8.53. The summed E-state index contributed by atoms with van der Waals surface area (Å²) in [5.74, 6) is 1.01. The molecule has 1 aliphatic heterocycles. The van der Waals surface area contributed by atoms with Crippen molar-refractivity contribution in [2.75, 3.05) is 11.9 Å². The van der Waals surface area contributed by atoms with Crippen LogP contribution < -0.4 is 5.32 Å². The molecule has 1 N–H and O–H groups in total. The average Bonchev–Trinajstić information content (AvgIpc) is 2.87. The number of nitrogens with one attached hydrogen (secondary N) is 1. The Bertz CT molecular complexity index is 384. The first kappa shape index (κ1) is 14.4. The lowest BCUT2D eigenvalue weighted by Crippen LogP contribution is -2.44. The molecule has 19 heavy (non-hydrogen) atoms. The minimum absolute atomic E-state index is 0.0676. The van der Waals surface area contributed by atoms with Crippen molar-refractivity contribution in [1.82, 2.24) is 9.55 Å². The minimum Gasteiger partial charge on any atom is -0.375 e. The van der Waals surface area contributed by atoms with Gasteiger partial charge in [-0.1, -0.05) is 20.8 Å². The van der Waals surface area contributed by atoms with Gasteiger partial charge in [0.25, 0.3) is 0 Å². The van der Waals surface area contributed by atoms with Gasteiger partial charge in [0, 0.05) is 31.6 Å². The number of nitrogens with zero attached hydrogens (tertiary/aromatic N) is 2. The van der Waals surface area contributed by atoms with E-state index in [1.165, 1.54) is 0 Å². The van der Waals surface area contributed by atoms with Crippen LogP contribution in [0.15, 0.2) is 12.4 Å². The first-order valence-corrected chi connectivity index (χ1v) is 7.64. The molecular weight excluding hydrogens is 238 g/mol. The number of anilines is 1. The van der Waals surface area contributed by atoms with E-state index in [0.717, 1.165) is 51.2 Å². The molecule has 108 valence electrons. The molecule has 1 aromatic heterocycles. The van der Waals surface area contributed by atoms with Gasteiger partial charge < -0.3 is 14.6 Å².